The van der Waals surface area contributed by atoms with Crippen molar-refractivity contribution in [1.29, 1.82) is 0 Å². The van der Waals surface area contributed by atoms with E-state index in [2.05, 4.69) is 29.4 Å². The molecule has 0 unspecified atom stereocenters. The molecule has 3 rings (SSSR count). The summed E-state index contributed by atoms with van der Waals surface area (Å²) >= 11 is 0. The summed E-state index contributed by atoms with van der Waals surface area (Å²) in [6.07, 6.45) is 2.43. The van der Waals surface area contributed by atoms with Gasteiger partial charge in [-0.1, -0.05) is 25.1 Å². The Hall–Kier alpha value is -2.96. The third-order valence-corrected chi connectivity index (χ3v) is 4.31. The number of rotatable bonds is 6. The Labute approximate surface area is 157 Å². The number of hydrogen-bond donors (Lipinski definition) is 1. The normalized spacial score (nSPS) is 12.4. The minimum atomic E-state index is -0.331. The summed E-state index contributed by atoms with van der Waals surface area (Å²) in [7, 11) is 0. The van der Waals surface area contributed by atoms with Crippen molar-refractivity contribution in [2.45, 2.75) is 40.2 Å². The Morgan fingerprint density at radius 3 is 2.78 bits per heavy atom. The first-order valence-electron chi connectivity index (χ1n) is 8.92. The number of benzene rings is 1. The fourth-order valence-corrected chi connectivity index (χ4v) is 2.99. The van der Waals surface area contributed by atoms with E-state index in [4.69, 9.17) is 4.52 Å². The lowest BCUT2D eigenvalue weighted by Crippen LogP contribution is -2.26. The molecule has 0 aliphatic rings. The van der Waals surface area contributed by atoms with Gasteiger partial charge in [0, 0.05) is 17.3 Å². The van der Waals surface area contributed by atoms with Crippen LogP contribution in [-0.2, 0) is 6.42 Å². The van der Waals surface area contributed by atoms with E-state index in [1.54, 1.807) is 29.1 Å². The molecule has 1 aromatic carbocycles. The maximum absolute atomic E-state index is 13.5. The van der Waals surface area contributed by atoms with Gasteiger partial charge in [0.2, 0.25) is 5.76 Å². The Morgan fingerprint density at radius 2 is 2.07 bits per heavy atom. The van der Waals surface area contributed by atoms with E-state index >= 15 is 0 Å². The van der Waals surface area contributed by atoms with Crippen LogP contribution < -0.4 is 5.32 Å². The van der Waals surface area contributed by atoms with Crippen LogP contribution >= 0.6 is 0 Å². The van der Waals surface area contributed by atoms with Crippen LogP contribution in [0.25, 0.3) is 5.69 Å². The third kappa shape index (κ3) is 4.24. The lowest BCUT2D eigenvalue weighted by molar-refractivity contribution is 0.0902. The topological polar surface area (TPSA) is 73.0 Å². The molecular weight excluding hydrogens is 347 g/mol. The van der Waals surface area contributed by atoms with Crippen LogP contribution in [0, 0.1) is 18.7 Å². The molecule has 2 heterocycles. The second-order valence-corrected chi connectivity index (χ2v) is 7.05. The minimum Gasteiger partial charge on any atom is -0.351 e. The van der Waals surface area contributed by atoms with Gasteiger partial charge in [0.15, 0.2) is 0 Å². The van der Waals surface area contributed by atoms with Crippen LogP contribution in [0.4, 0.5) is 4.39 Å². The molecule has 0 radical (unpaired) electrons. The van der Waals surface area contributed by atoms with Gasteiger partial charge in [0.05, 0.1) is 23.6 Å². The van der Waals surface area contributed by atoms with Crippen LogP contribution in [0.1, 0.15) is 54.3 Å². The van der Waals surface area contributed by atoms with Crippen LogP contribution in [0.5, 0.6) is 0 Å². The second-order valence-electron chi connectivity index (χ2n) is 7.05. The molecule has 7 heteroatoms. The van der Waals surface area contributed by atoms with Crippen molar-refractivity contribution in [2.24, 2.45) is 5.92 Å². The Balaban J connectivity index is 1.74. The Kier molecular flexibility index (Phi) is 5.39. The van der Waals surface area contributed by atoms with E-state index in [1.165, 1.54) is 12.1 Å². The second kappa shape index (κ2) is 7.73. The molecule has 0 spiro atoms. The van der Waals surface area contributed by atoms with Gasteiger partial charge in [-0.25, -0.2) is 9.07 Å². The molecule has 142 valence electrons. The monoisotopic (exact) mass is 370 g/mol. The van der Waals surface area contributed by atoms with Gasteiger partial charge < -0.3 is 9.84 Å². The van der Waals surface area contributed by atoms with E-state index in [1.807, 2.05) is 13.8 Å². The van der Waals surface area contributed by atoms with Gasteiger partial charge in [0.1, 0.15) is 5.82 Å². The number of hydrogen-bond acceptors (Lipinski definition) is 4. The molecule has 0 aliphatic heterocycles. The minimum absolute atomic E-state index is 0.188. The first kappa shape index (κ1) is 18.8. The highest BCUT2D eigenvalue weighted by atomic mass is 19.1. The van der Waals surface area contributed by atoms with Crippen molar-refractivity contribution < 1.29 is 13.7 Å². The summed E-state index contributed by atoms with van der Waals surface area (Å²) in [6, 6.07) is 7.59. The van der Waals surface area contributed by atoms with E-state index in [0.29, 0.717) is 11.6 Å². The van der Waals surface area contributed by atoms with Crippen molar-refractivity contribution in [2.75, 3.05) is 0 Å². The number of nitrogens with one attached hydrogen (secondary N) is 1. The smallest absolute Gasteiger partial charge is 0.290 e. The molecule has 0 aliphatic carbocycles. The molecule has 0 saturated carbocycles. The molecule has 0 fully saturated rings. The van der Waals surface area contributed by atoms with Gasteiger partial charge >= 0.3 is 0 Å². The number of amides is 1. The maximum Gasteiger partial charge on any atom is 0.290 e. The van der Waals surface area contributed by atoms with Crippen LogP contribution in [0.3, 0.4) is 0 Å². The third-order valence-electron chi connectivity index (χ3n) is 4.31. The van der Waals surface area contributed by atoms with Crippen molar-refractivity contribution in [3.63, 3.8) is 0 Å². The predicted molar refractivity (Wildman–Crippen MR) is 99.2 cm³/mol. The van der Waals surface area contributed by atoms with Crippen LogP contribution in [0.15, 0.2) is 41.1 Å². The average molecular weight is 370 g/mol. The summed E-state index contributed by atoms with van der Waals surface area (Å²) < 4.78 is 20.3. The number of carbonyl (C=O) groups is 1. The van der Waals surface area contributed by atoms with E-state index < -0.39 is 0 Å². The standard InChI is InChI=1S/C20H23FN4O2/c1-12(2)8-16-10-19(27-24-16)20(26)23-13(3)18-11-22-25(14(18)4)17-7-5-6-15(21)9-17/h5-7,9-13H,8H2,1-4H3,(H,23,26)/t13-/m1/s1. The molecule has 0 saturated heterocycles. The van der Waals surface area contributed by atoms with Gasteiger partial charge in [0.25, 0.3) is 5.91 Å². The maximum atomic E-state index is 13.5. The highest BCUT2D eigenvalue weighted by Gasteiger charge is 2.20. The summed E-state index contributed by atoms with van der Waals surface area (Å²) in [4.78, 5) is 12.4. The van der Waals surface area contributed by atoms with E-state index in [9.17, 15) is 9.18 Å². The molecule has 27 heavy (non-hydrogen) atoms. The fourth-order valence-electron chi connectivity index (χ4n) is 2.99. The zero-order valence-corrected chi connectivity index (χ0v) is 15.9. The molecule has 3 aromatic rings. The summed E-state index contributed by atoms with van der Waals surface area (Å²) in [5, 5.41) is 11.2. The Morgan fingerprint density at radius 1 is 1.30 bits per heavy atom. The van der Waals surface area contributed by atoms with E-state index in [0.717, 1.165) is 23.4 Å². The number of aromatic nitrogens is 3. The zero-order chi connectivity index (χ0) is 19.6. The summed E-state index contributed by atoms with van der Waals surface area (Å²) in [6.45, 7) is 7.90. The lowest BCUT2D eigenvalue weighted by Gasteiger charge is -2.13. The number of halogens is 1. The highest BCUT2D eigenvalue weighted by Crippen LogP contribution is 2.21. The van der Waals surface area contributed by atoms with Crippen LogP contribution in [0.2, 0.25) is 0 Å². The molecule has 2 aromatic heterocycles. The SMILES string of the molecule is Cc1c([C@@H](C)NC(=O)c2cc(CC(C)C)no2)cnn1-c1cccc(F)c1. The van der Waals surface area contributed by atoms with Crippen molar-refractivity contribution >= 4 is 5.91 Å². The van der Waals surface area contributed by atoms with Crippen molar-refractivity contribution in [3.8, 4) is 5.69 Å². The summed E-state index contributed by atoms with van der Waals surface area (Å²) in [5.74, 6) is -0.0374. The van der Waals surface area contributed by atoms with Gasteiger partial charge in [-0.3, -0.25) is 4.79 Å². The average Bonchev–Trinajstić information content (AvgIpc) is 3.21. The molecule has 1 amide bonds. The van der Waals surface area contributed by atoms with Crippen LogP contribution in [-0.4, -0.2) is 20.8 Å². The van der Waals surface area contributed by atoms with Crippen molar-refractivity contribution in [3.05, 3.63) is 65.1 Å². The van der Waals surface area contributed by atoms with E-state index in [-0.39, 0.29) is 23.5 Å². The summed E-state index contributed by atoms with van der Waals surface area (Å²) in [5.41, 5.74) is 3.06. The molecule has 1 N–H and O–H groups in total. The highest BCUT2D eigenvalue weighted by molar-refractivity contribution is 5.91. The quantitative estimate of drug-likeness (QED) is 0.712. The zero-order valence-electron chi connectivity index (χ0n) is 15.9. The molecule has 6 nitrogen and oxygen atoms in total. The largest absolute Gasteiger partial charge is 0.351 e. The Bertz CT molecular complexity index is 945. The van der Waals surface area contributed by atoms with Gasteiger partial charge in [-0.2, -0.15) is 5.10 Å². The first-order valence-corrected chi connectivity index (χ1v) is 8.92. The molecule has 0 bridgehead atoms. The number of carbonyl (C=O) groups excluding carboxylic acids is 1. The van der Waals surface area contributed by atoms with Gasteiger partial charge in [-0.15, -0.1) is 0 Å². The lowest BCUT2D eigenvalue weighted by atomic mass is 10.1. The predicted octanol–water partition coefficient (Wildman–Crippen LogP) is 4.00. The molecular formula is C20H23FN4O2. The number of nitrogens with zero attached hydrogens (tertiary/aromatic N) is 3. The van der Waals surface area contributed by atoms with Gasteiger partial charge in [-0.05, 0) is 44.4 Å². The molecule has 1 atom stereocenters. The van der Waals surface area contributed by atoms with Crippen molar-refractivity contribution in [1.82, 2.24) is 20.3 Å². The first-order chi connectivity index (χ1) is 12.8. The fraction of sp³-hybridized carbons (Fsp3) is 0.350.